The Kier molecular flexibility index (Phi) is 9.80. The van der Waals surface area contributed by atoms with Crippen molar-refractivity contribution in [2.75, 3.05) is 0 Å². The molecule has 17 aromatic carbocycles. The van der Waals surface area contributed by atoms with Gasteiger partial charge in [0.15, 0.2) is 0 Å². The van der Waals surface area contributed by atoms with Gasteiger partial charge in [0.25, 0.3) is 13.4 Å². The Morgan fingerprint density at radius 2 is 0.453 bits per heavy atom. The summed E-state index contributed by atoms with van der Waals surface area (Å²) in [5.41, 5.74) is 32.6. The second kappa shape index (κ2) is 18.8. The summed E-state index contributed by atoms with van der Waals surface area (Å²) in [6, 6.07) is 109. The van der Waals surface area contributed by atoms with E-state index in [9.17, 15) is 0 Å². The molecule has 12 heterocycles. The molecule has 12 heteroatoms. The van der Waals surface area contributed by atoms with Crippen molar-refractivity contribution in [3.8, 4) is 22.7 Å². The topological polar surface area (TPSA) is 19.7 Å². The largest absolute Gasteiger partial charge is 0.309 e. The highest BCUT2D eigenvalue weighted by molar-refractivity contribution is 8.01. The van der Waals surface area contributed by atoms with Crippen LogP contribution in [0.5, 0.6) is 0 Å². The molecule has 8 aliphatic rings. The van der Waals surface area contributed by atoms with E-state index in [4.69, 9.17) is 0 Å². The van der Waals surface area contributed by atoms with Crippen LogP contribution in [0.3, 0.4) is 0 Å². The van der Waals surface area contributed by atoms with Crippen molar-refractivity contribution in [3.63, 3.8) is 0 Å². The highest BCUT2D eigenvalue weighted by Crippen LogP contribution is 2.55. The van der Waals surface area contributed by atoms with Crippen LogP contribution < -0.4 is 65.6 Å². The van der Waals surface area contributed by atoms with Gasteiger partial charge in [0, 0.05) is 104 Å². The van der Waals surface area contributed by atoms with Crippen LogP contribution in [0.1, 0.15) is 0 Å². The fraction of sp³-hybridized carbons (Fsp3) is 0. The number of rotatable bonds is 0. The molecule has 4 nitrogen and oxygen atoms in total. The maximum absolute atomic E-state index is 2.88. The van der Waals surface area contributed by atoms with Gasteiger partial charge < -0.3 is 18.3 Å². The van der Waals surface area contributed by atoms with E-state index in [2.05, 4.69) is 297 Å². The van der Waals surface area contributed by atoms with Crippen LogP contribution in [0, 0.1) is 0 Å². The highest BCUT2D eigenvalue weighted by Gasteiger charge is 2.54. The van der Waals surface area contributed by atoms with Gasteiger partial charge >= 0.3 is 0 Å². The molecule has 0 spiro atoms. The van der Waals surface area contributed by atoms with E-state index >= 15 is 0 Å². The normalized spacial score (nSPS) is 14.6. The van der Waals surface area contributed by atoms with Gasteiger partial charge in [0.2, 0.25) is 13.4 Å². The van der Waals surface area contributed by atoms with Crippen LogP contribution in [0.15, 0.2) is 318 Å². The third kappa shape index (κ3) is 6.26. The van der Waals surface area contributed by atoms with Gasteiger partial charge in [-0.05, 0) is 135 Å². The van der Waals surface area contributed by atoms with Gasteiger partial charge in [0.05, 0.1) is 44.8 Å². The minimum absolute atomic E-state index is 0.0352. The van der Waals surface area contributed by atoms with Crippen molar-refractivity contribution < 1.29 is 0 Å². The summed E-state index contributed by atoms with van der Waals surface area (Å²) < 4.78 is 11.3. The SMILES string of the molecule is c1ccc2cc3c(cc2c1)Sc1c2c(c4c5c1-n1c6ccccc6c6c7c8c(c(c61)B5c1cc5ccccc5cc1S4)c1ccccc1n8-c1c4c5c(c6c1B7c1cc7ccccc7cc1S6)-n1c6ccccc6c6cccc(c61)B5c1cc5ccccc5cc1S4)-n1c4ccccc4c4cccc(c41)B32. The smallest absolute Gasteiger partial charge is 0.250 e. The van der Waals surface area contributed by atoms with E-state index < -0.39 is 0 Å². The van der Waals surface area contributed by atoms with Crippen LogP contribution in [0.2, 0.25) is 0 Å². The van der Waals surface area contributed by atoms with E-state index in [-0.39, 0.29) is 26.9 Å². The molecular weight excluding hydrogens is 1360 g/mol. The summed E-state index contributed by atoms with van der Waals surface area (Å²) in [7, 11) is 0. The second-order valence-electron chi connectivity index (χ2n) is 30.6. The Bertz CT molecular complexity index is 7570. The predicted molar refractivity (Wildman–Crippen MR) is 455 cm³/mol. The summed E-state index contributed by atoms with van der Waals surface area (Å²) in [5, 5.41) is 20.8. The lowest BCUT2D eigenvalue weighted by Crippen LogP contribution is -2.65. The molecule has 0 atom stereocenters. The first kappa shape index (κ1) is 55.2. The summed E-state index contributed by atoms with van der Waals surface area (Å²) >= 11 is 8.16. The van der Waals surface area contributed by atoms with Crippen molar-refractivity contribution in [1.82, 2.24) is 18.3 Å². The molecule has 4 aromatic heterocycles. The van der Waals surface area contributed by atoms with Crippen LogP contribution in [0.4, 0.5) is 0 Å². The van der Waals surface area contributed by atoms with Crippen LogP contribution in [-0.2, 0) is 0 Å². The Morgan fingerprint density at radius 3 is 0.792 bits per heavy atom. The maximum Gasteiger partial charge on any atom is 0.250 e. The monoisotopic (exact) mass is 1400 g/mol. The molecule has 8 aliphatic heterocycles. The van der Waals surface area contributed by atoms with Gasteiger partial charge in [0.1, 0.15) is 0 Å². The first-order valence-electron chi connectivity index (χ1n) is 37.0. The molecule has 0 bridgehead atoms. The number of hydrogen-bond donors (Lipinski definition) is 0. The maximum atomic E-state index is 2.88. The lowest BCUT2D eigenvalue weighted by Gasteiger charge is -2.43. The zero-order chi connectivity index (χ0) is 67.7. The quantitative estimate of drug-likeness (QED) is 0.141. The van der Waals surface area contributed by atoms with E-state index in [1.54, 1.807) is 0 Å². The Labute approximate surface area is 623 Å². The molecule has 21 aromatic rings. The number of aromatic nitrogens is 4. The third-order valence-corrected chi connectivity index (χ3v) is 30.7. The van der Waals surface area contributed by atoms with Crippen LogP contribution in [0.25, 0.3) is 153 Å². The summed E-state index contributed by atoms with van der Waals surface area (Å²) in [6.45, 7) is -0.425. The number of para-hydroxylation sites is 6. The lowest BCUT2D eigenvalue weighted by atomic mass is 9.31. The average molecular weight is 1400 g/mol. The van der Waals surface area contributed by atoms with Crippen molar-refractivity contribution in [3.05, 3.63) is 279 Å². The minimum Gasteiger partial charge on any atom is -0.309 e. The number of hydrogen-bond acceptors (Lipinski definition) is 4. The van der Waals surface area contributed by atoms with E-state index in [0.717, 1.165) is 0 Å². The number of fused-ring (bicyclic) bond motifs is 38. The number of nitrogens with zero attached hydrogens (tertiary/aromatic N) is 4. The highest BCUT2D eigenvalue weighted by atomic mass is 32.2. The van der Waals surface area contributed by atoms with Gasteiger partial charge in [-0.1, -0.05) is 299 Å². The fourth-order valence-corrected chi connectivity index (χ4v) is 27.4. The lowest BCUT2D eigenvalue weighted by molar-refractivity contribution is 1.07. The van der Waals surface area contributed by atoms with Crippen molar-refractivity contribution in [2.24, 2.45) is 0 Å². The van der Waals surface area contributed by atoms with Gasteiger partial charge in [-0.25, -0.2) is 0 Å². The van der Waals surface area contributed by atoms with Crippen LogP contribution >= 0.6 is 47.0 Å². The van der Waals surface area contributed by atoms with Crippen LogP contribution in [-0.4, -0.2) is 45.1 Å². The van der Waals surface area contributed by atoms with E-state index in [1.165, 1.54) is 258 Å². The van der Waals surface area contributed by atoms with Gasteiger partial charge in [-0.2, -0.15) is 0 Å². The molecule has 0 radical (unpaired) electrons. The van der Waals surface area contributed by atoms with Gasteiger partial charge in [-0.3, -0.25) is 0 Å². The zero-order valence-electron chi connectivity index (χ0n) is 56.3. The molecule has 0 saturated heterocycles. The zero-order valence-corrected chi connectivity index (χ0v) is 59.6. The van der Waals surface area contributed by atoms with Gasteiger partial charge in [-0.15, -0.1) is 0 Å². The van der Waals surface area contributed by atoms with Crippen molar-refractivity contribution >= 4 is 270 Å². The molecule has 0 aliphatic carbocycles. The first-order valence-corrected chi connectivity index (χ1v) is 40.3. The second-order valence-corrected chi connectivity index (χ2v) is 34.8. The molecular formula is C94H46B4N4S4. The predicted octanol–water partition coefficient (Wildman–Crippen LogP) is 15.9. The molecule has 0 fully saturated rings. The summed E-state index contributed by atoms with van der Waals surface area (Å²) in [6.07, 6.45) is 0. The van der Waals surface area contributed by atoms with Crippen molar-refractivity contribution in [2.45, 2.75) is 39.2 Å². The molecule has 29 rings (SSSR count). The molecule has 0 amide bonds. The molecule has 0 saturated carbocycles. The summed E-state index contributed by atoms with van der Waals surface area (Å²) in [4.78, 5) is 10.8. The Balaban J connectivity index is 0.850. The molecule has 106 heavy (non-hydrogen) atoms. The minimum atomic E-state index is -0.177. The van der Waals surface area contributed by atoms with E-state index in [0.29, 0.717) is 0 Å². The molecule has 478 valence electrons. The Hall–Kier alpha value is -11.4. The Morgan fingerprint density at radius 1 is 0.198 bits per heavy atom. The van der Waals surface area contributed by atoms with E-state index in [1.807, 2.05) is 47.0 Å². The summed E-state index contributed by atoms with van der Waals surface area (Å²) in [5.74, 6) is 0. The third-order valence-electron chi connectivity index (χ3n) is 26.0. The standard InChI is InChI=1S/C94H46B4N4S4/c1-5-23-51-43-71-63(39-47(51)19-1)95-61-33-17-31-57-55-27-9-13-35-67(55)99(83(57)61)87-79(95)91(103-71)89-81-93(87)105-73-45-53-25-7-3-21-49(53)41-65(73)97(81)77-76-60-30-12-16-38-70(60)102-86(76)78(75-59-29-11-15-37-69(59)101(89)85(75)77)98-66-42-50-22-4-8-26-54(50)46-74(66)106-94-82(98)90(102)92-80-88(94)100-68-36-14-10-28-56(68)58-32-18-34-62(84(58)100)96(80)64-40-48-20-2-6-24-52(48)44-72(64)104-92/h1-46H. The molecule has 0 unspecified atom stereocenters. The average Bonchev–Trinajstić information content (AvgIpc) is 1.41. The van der Waals surface area contributed by atoms with Crippen molar-refractivity contribution in [1.29, 1.82) is 0 Å². The first-order chi connectivity index (χ1) is 52.6. The number of benzene rings is 17. The fourth-order valence-electron chi connectivity index (χ4n) is 22.1. The molecule has 0 N–H and O–H groups in total.